The number of carbonyl (C=O) groups excluding carboxylic acids is 2. The zero-order chi connectivity index (χ0) is 30.1. The molecule has 0 saturated heterocycles. The van der Waals surface area contributed by atoms with Crippen LogP contribution in [0.25, 0.3) is 0 Å². The summed E-state index contributed by atoms with van der Waals surface area (Å²) in [5, 5.41) is 5.77. The molecule has 3 aromatic carbocycles. The van der Waals surface area contributed by atoms with Gasteiger partial charge in [-0.15, -0.1) is 0 Å². The predicted molar refractivity (Wildman–Crippen MR) is 169 cm³/mol. The summed E-state index contributed by atoms with van der Waals surface area (Å²) in [5.74, 6) is 0.382. The second-order valence-electron chi connectivity index (χ2n) is 10.2. The van der Waals surface area contributed by atoms with Gasteiger partial charge in [-0.3, -0.25) is 9.59 Å². The Morgan fingerprint density at radius 3 is 1.45 bits per heavy atom. The third-order valence-corrected chi connectivity index (χ3v) is 6.96. The molecule has 2 aromatic heterocycles. The van der Waals surface area contributed by atoms with E-state index in [1.54, 1.807) is 36.4 Å². The number of ether oxygens (including phenoxy) is 2. The summed E-state index contributed by atoms with van der Waals surface area (Å²) in [4.78, 5) is 37.3. The maximum atomic E-state index is 13.1. The predicted octanol–water partition coefficient (Wildman–Crippen LogP) is 6.89. The molecule has 9 nitrogen and oxygen atoms in total. The average molecular weight is 586 g/mol. The Balaban J connectivity index is 1.31. The highest BCUT2D eigenvalue weighted by Crippen LogP contribution is 2.34. The number of anilines is 5. The fourth-order valence-electron chi connectivity index (χ4n) is 4.80. The number of carbonyl (C=O) groups is 2. The SMILES string of the molecule is O=C1Nc2cccc(n2)COCCCOCc2cccc(n2)NC(=O)c2ccc(cc2)N(c2ccccc2)c2ccc1cc2. The van der Waals surface area contributed by atoms with Gasteiger partial charge in [0.05, 0.1) is 24.6 Å². The number of pyridine rings is 2. The number of hydrogen-bond donors (Lipinski definition) is 2. The van der Waals surface area contributed by atoms with Gasteiger partial charge in [-0.1, -0.05) is 30.3 Å². The molecule has 0 aliphatic carbocycles. The van der Waals surface area contributed by atoms with E-state index in [1.807, 2.05) is 78.9 Å². The lowest BCUT2D eigenvalue weighted by atomic mass is 10.1. The quantitative estimate of drug-likeness (QED) is 0.221. The van der Waals surface area contributed by atoms with Crippen LogP contribution < -0.4 is 15.5 Å². The van der Waals surface area contributed by atoms with Gasteiger partial charge < -0.3 is 25.0 Å². The smallest absolute Gasteiger partial charge is 0.256 e. The first kappa shape index (κ1) is 28.7. The van der Waals surface area contributed by atoms with Crippen molar-refractivity contribution in [3.05, 3.63) is 138 Å². The Morgan fingerprint density at radius 2 is 0.977 bits per heavy atom. The number of aromatic nitrogens is 2. The summed E-state index contributed by atoms with van der Waals surface area (Å²) in [5.41, 5.74) is 5.06. The van der Waals surface area contributed by atoms with Crippen LogP contribution in [0, 0.1) is 0 Å². The maximum Gasteiger partial charge on any atom is 0.256 e. The summed E-state index contributed by atoms with van der Waals surface area (Å²) >= 11 is 0. The van der Waals surface area contributed by atoms with Crippen LogP contribution in [-0.4, -0.2) is 35.0 Å². The van der Waals surface area contributed by atoms with E-state index in [1.165, 1.54) is 0 Å². The van der Waals surface area contributed by atoms with Gasteiger partial charge in [0.1, 0.15) is 11.6 Å². The molecule has 8 bridgehead atoms. The lowest BCUT2D eigenvalue weighted by Crippen LogP contribution is -2.15. The maximum absolute atomic E-state index is 13.1. The molecule has 9 heteroatoms. The second kappa shape index (κ2) is 13.7. The third kappa shape index (κ3) is 7.15. The summed E-state index contributed by atoms with van der Waals surface area (Å²) < 4.78 is 11.5. The molecule has 2 N–H and O–H groups in total. The topological polar surface area (TPSA) is 106 Å². The first-order chi connectivity index (χ1) is 21.6. The van der Waals surface area contributed by atoms with Gasteiger partial charge in [-0.2, -0.15) is 0 Å². The Kier molecular flexibility index (Phi) is 8.96. The number of nitrogens with zero attached hydrogens (tertiary/aromatic N) is 3. The summed E-state index contributed by atoms with van der Waals surface area (Å²) in [6.07, 6.45) is 0.695. The van der Waals surface area contributed by atoms with Crippen molar-refractivity contribution in [1.29, 1.82) is 0 Å². The monoisotopic (exact) mass is 585 g/mol. The van der Waals surface area contributed by atoms with Gasteiger partial charge in [-0.05, 0) is 91.3 Å². The van der Waals surface area contributed by atoms with Crippen molar-refractivity contribution in [1.82, 2.24) is 9.97 Å². The van der Waals surface area contributed by atoms with Gasteiger partial charge in [-0.25, -0.2) is 9.97 Å². The highest BCUT2D eigenvalue weighted by atomic mass is 16.5. The first-order valence-corrected chi connectivity index (χ1v) is 14.4. The lowest BCUT2D eigenvalue weighted by Gasteiger charge is -2.25. The molecule has 8 rings (SSSR count). The van der Waals surface area contributed by atoms with E-state index in [9.17, 15) is 9.59 Å². The normalized spacial score (nSPS) is 14.6. The Morgan fingerprint density at radius 1 is 0.523 bits per heavy atom. The number of hydrogen-bond acceptors (Lipinski definition) is 7. The minimum Gasteiger partial charge on any atom is -0.375 e. The molecule has 0 atom stereocenters. The van der Waals surface area contributed by atoms with Gasteiger partial charge in [0.25, 0.3) is 11.8 Å². The van der Waals surface area contributed by atoms with Crippen molar-refractivity contribution in [2.45, 2.75) is 19.6 Å². The van der Waals surface area contributed by atoms with Crippen molar-refractivity contribution in [3.63, 3.8) is 0 Å². The Hall–Kier alpha value is -5.38. The number of benzene rings is 3. The van der Waals surface area contributed by atoms with E-state index in [4.69, 9.17) is 9.47 Å². The first-order valence-electron chi connectivity index (χ1n) is 14.4. The van der Waals surface area contributed by atoms with Gasteiger partial charge in [0.2, 0.25) is 0 Å². The second-order valence-corrected chi connectivity index (χ2v) is 10.2. The van der Waals surface area contributed by atoms with Crippen LogP contribution in [0.15, 0.2) is 115 Å². The fraction of sp³-hybridized carbons (Fsp3) is 0.143. The minimum absolute atomic E-state index is 0.262. The van der Waals surface area contributed by atoms with Crippen molar-refractivity contribution < 1.29 is 19.1 Å². The highest BCUT2D eigenvalue weighted by Gasteiger charge is 2.16. The molecule has 0 spiro atoms. The molecular weight excluding hydrogens is 554 g/mol. The summed E-state index contributed by atoms with van der Waals surface area (Å²) in [6.45, 7) is 1.62. The van der Waals surface area contributed by atoms with E-state index in [-0.39, 0.29) is 11.8 Å². The van der Waals surface area contributed by atoms with E-state index in [0.717, 1.165) is 17.1 Å². The minimum atomic E-state index is -0.262. The Bertz CT molecular complexity index is 1620. The number of para-hydroxylation sites is 1. The number of amides is 2. The highest BCUT2D eigenvalue weighted by molar-refractivity contribution is 6.05. The lowest BCUT2D eigenvalue weighted by molar-refractivity contribution is 0.0674. The van der Waals surface area contributed by atoms with Crippen LogP contribution in [0.4, 0.5) is 28.7 Å². The van der Waals surface area contributed by atoms with Crippen LogP contribution in [0.1, 0.15) is 38.5 Å². The zero-order valence-corrected chi connectivity index (χ0v) is 24.0. The summed E-state index contributed by atoms with van der Waals surface area (Å²) in [6, 6.07) is 35.5. The molecule has 5 heterocycles. The largest absolute Gasteiger partial charge is 0.375 e. The zero-order valence-electron chi connectivity index (χ0n) is 24.0. The molecule has 44 heavy (non-hydrogen) atoms. The molecule has 220 valence electrons. The molecule has 0 unspecified atom stereocenters. The summed E-state index contributed by atoms with van der Waals surface area (Å²) in [7, 11) is 0. The van der Waals surface area contributed by atoms with E-state index in [2.05, 4.69) is 25.5 Å². The third-order valence-electron chi connectivity index (χ3n) is 6.96. The van der Waals surface area contributed by atoms with E-state index < -0.39 is 0 Å². The van der Waals surface area contributed by atoms with Crippen LogP contribution in [0.3, 0.4) is 0 Å². The molecule has 2 amide bonds. The molecule has 0 radical (unpaired) electrons. The van der Waals surface area contributed by atoms with E-state index in [0.29, 0.717) is 67.0 Å². The fourth-order valence-corrected chi connectivity index (χ4v) is 4.80. The molecule has 3 aliphatic rings. The van der Waals surface area contributed by atoms with Crippen molar-refractivity contribution in [2.75, 3.05) is 28.7 Å². The standard InChI is InChI=1S/C35H31N5O4/c41-34-25-13-17-30(18-14-25)40(29-9-2-1-3-10-29)31-19-15-26(16-20-31)35(42)39-33-12-5-8-28(37-33)24-44-22-6-21-43-23-27-7-4-11-32(36-27)38-34/h1-5,7-20H,6,21-24H2,(H,36,38,41)(H,37,39,42). The average Bonchev–Trinajstić information content (AvgIpc) is 3.05. The van der Waals surface area contributed by atoms with E-state index >= 15 is 0 Å². The molecule has 3 aliphatic heterocycles. The van der Waals surface area contributed by atoms with Gasteiger partial charge >= 0.3 is 0 Å². The molecular formula is C35H31N5O4. The Labute approximate surface area is 255 Å². The molecule has 0 fully saturated rings. The molecule has 5 aromatic rings. The number of rotatable bonds is 1. The van der Waals surface area contributed by atoms with Gasteiger partial charge in [0.15, 0.2) is 0 Å². The number of fused-ring (bicyclic) bond motifs is 2. The van der Waals surface area contributed by atoms with Gasteiger partial charge in [0, 0.05) is 41.4 Å². The van der Waals surface area contributed by atoms with Crippen molar-refractivity contribution >= 4 is 40.5 Å². The molecule has 0 saturated carbocycles. The van der Waals surface area contributed by atoms with Crippen LogP contribution in [0.2, 0.25) is 0 Å². The van der Waals surface area contributed by atoms with Crippen LogP contribution in [0.5, 0.6) is 0 Å². The number of nitrogens with one attached hydrogen (secondary N) is 2. The van der Waals surface area contributed by atoms with Crippen LogP contribution in [-0.2, 0) is 22.7 Å². The van der Waals surface area contributed by atoms with Crippen LogP contribution >= 0.6 is 0 Å². The van der Waals surface area contributed by atoms with Crippen molar-refractivity contribution in [3.8, 4) is 0 Å². The van der Waals surface area contributed by atoms with Crippen molar-refractivity contribution in [2.24, 2.45) is 0 Å².